The van der Waals surface area contributed by atoms with Crippen LogP contribution in [-0.4, -0.2) is 30.9 Å². The predicted molar refractivity (Wildman–Crippen MR) is 119 cm³/mol. The lowest BCUT2D eigenvalue weighted by molar-refractivity contribution is 0.0829. The number of hydrogen-bond donors (Lipinski definition) is 3. The molecule has 0 bridgehead atoms. The van der Waals surface area contributed by atoms with Crippen LogP contribution in [0.4, 0.5) is 4.39 Å². The van der Waals surface area contributed by atoms with Gasteiger partial charge >= 0.3 is 5.91 Å². The zero-order valence-corrected chi connectivity index (χ0v) is 18.8. The Kier molecular flexibility index (Phi) is 6.41. The smallest absolute Gasteiger partial charge is 0.305 e. The maximum absolute atomic E-state index is 13.1. The summed E-state index contributed by atoms with van der Waals surface area (Å²) in [6, 6.07) is 7.34. The first kappa shape index (κ1) is 23.1. The van der Waals surface area contributed by atoms with Gasteiger partial charge < -0.3 is 4.42 Å². The molecule has 34 heavy (non-hydrogen) atoms. The number of furan rings is 1. The summed E-state index contributed by atoms with van der Waals surface area (Å²) in [5.41, 5.74) is 6.35. The number of sulfonamides is 1. The van der Waals surface area contributed by atoms with E-state index in [-0.39, 0.29) is 10.7 Å². The number of halogens is 1. The minimum atomic E-state index is -4.01. The molecule has 2 amide bonds. The minimum Gasteiger partial charge on any atom is -0.455 e. The first-order valence-corrected chi connectivity index (χ1v) is 11.7. The van der Waals surface area contributed by atoms with E-state index < -0.39 is 27.7 Å². The second-order valence-electron chi connectivity index (χ2n) is 7.46. The zero-order chi connectivity index (χ0) is 24.3. The van der Waals surface area contributed by atoms with E-state index in [9.17, 15) is 22.4 Å². The van der Waals surface area contributed by atoms with E-state index in [0.29, 0.717) is 47.4 Å². The highest BCUT2D eigenvalue weighted by atomic mass is 32.2. The molecule has 176 valence electrons. The fourth-order valence-corrected chi connectivity index (χ4v) is 4.35. The molecule has 1 aliphatic rings. The van der Waals surface area contributed by atoms with Crippen LogP contribution in [0.3, 0.4) is 0 Å². The Bertz CT molecular complexity index is 1370. The van der Waals surface area contributed by atoms with Crippen molar-refractivity contribution in [2.45, 2.75) is 31.1 Å². The normalized spacial score (nSPS) is 14.4. The second-order valence-corrected chi connectivity index (χ2v) is 9.12. The highest BCUT2D eigenvalue weighted by Gasteiger charge is 2.28. The third kappa shape index (κ3) is 4.81. The number of hydrazone groups is 1. The van der Waals surface area contributed by atoms with Crippen molar-refractivity contribution in [3.63, 3.8) is 0 Å². The number of rotatable bonds is 5. The van der Waals surface area contributed by atoms with Crippen molar-refractivity contribution in [2.75, 3.05) is 0 Å². The third-order valence-electron chi connectivity index (χ3n) is 5.19. The number of carbonyl (C=O) groups excluding carboxylic acids is 2. The van der Waals surface area contributed by atoms with E-state index in [1.165, 1.54) is 24.5 Å². The van der Waals surface area contributed by atoms with Crippen LogP contribution in [0.25, 0.3) is 0 Å². The van der Waals surface area contributed by atoms with Crippen LogP contribution in [0, 0.1) is 12.7 Å². The molecule has 12 heteroatoms. The van der Waals surface area contributed by atoms with E-state index in [2.05, 4.69) is 25.8 Å². The molecule has 1 aliphatic carbocycles. The Balaban J connectivity index is 1.52. The van der Waals surface area contributed by atoms with E-state index in [0.717, 1.165) is 24.3 Å². The van der Waals surface area contributed by atoms with Crippen molar-refractivity contribution in [2.24, 2.45) is 5.10 Å². The Hall–Kier alpha value is -4.06. The van der Waals surface area contributed by atoms with E-state index >= 15 is 0 Å². The molecule has 10 nitrogen and oxygen atoms in total. The molecule has 0 fully saturated rings. The van der Waals surface area contributed by atoms with Gasteiger partial charge in [-0.05, 0) is 56.2 Å². The van der Waals surface area contributed by atoms with Crippen LogP contribution in [0.15, 0.2) is 63.2 Å². The standard InChI is InChI=1S/C22H20FN5O5S/c1-13-19-17(25-28-34(31,32)16-7-5-15(23)6-8-16)3-2-4-18(19)33-20(13)22(30)27-26-21(29)14-9-11-24-12-10-14/h5-12,28H,2-4H2,1H3,(H,26,29)(H,27,30)/b25-17+. The van der Waals surface area contributed by atoms with Crippen LogP contribution < -0.4 is 15.7 Å². The molecule has 0 aliphatic heterocycles. The number of amides is 2. The van der Waals surface area contributed by atoms with Crippen molar-refractivity contribution in [1.29, 1.82) is 0 Å². The lowest BCUT2D eigenvalue weighted by atomic mass is 9.93. The van der Waals surface area contributed by atoms with Gasteiger partial charge in [0.15, 0.2) is 5.76 Å². The number of hydrazine groups is 1. The van der Waals surface area contributed by atoms with Gasteiger partial charge in [-0.1, -0.05) is 0 Å². The first-order valence-electron chi connectivity index (χ1n) is 10.2. The molecule has 0 radical (unpaired) electrons. The number of nitrogens with one attached hydrogen (secondary N) is 3. The first-order chi connectivity index (χ1) is 16.3. The van der Waals surface area contributed by atoms with Crippen LogP contribution in [0.1, 0.15) is 50.6 Å². The van der Waals surface area contributed by atoms with Crippen molar-refractivity contribution in [1.82, 2.24) is 20.7 Å². The zero-order valence-electron chi connectivity index (χ0n) is 18.0. The summed E-state index contributed by atoms with van der Waals surface area (Å²) < 4.78 is 43.8. The summed E-state index contributed by atoms with van der Waals surface area (Å²) in [6.07, 6.45) is 4.53. The molecule has 3 aromatic rings. The van der Waals surface area contributed by atoms with Crippen molar-refractivity contribution in [3.05, 3.63) is 82.8 Å². The molecule has 1 aromatic carbocycles. The van der Waals surface area contributed by atoms with Crippen LogP contribution >= 0.6 is 0 Å². The molecular formula is C22H20FN5O5S. The number of carbonyl (C=O) groups is 2. The second kappa shape index (κ2) is 9.43. The summed E-state index contributed by atoms with van der Waals surface area (Å²) in [7, 11) is -4.01. The van der Waals surface area contributed by atoms with E-state index in [1.54, 1.807) is 6.92 Å². The SMILES string of the molecule is Cc1c(C(=O)NNC(=O)c2ccncc2)oc2c1/C(=N/NS(=O)(=O)c1ccc(F)cc1)CCC2. The Morgan fingerprint density at radius 2 is 1.71 bits per heavy atom. The molecule has 4 rings (SSSR count). The van der Waals surface area contributed by atoms with Gasteiger partial charge in [0, 0.05) is 35.5 Å². The molecule has 0 spiro atoms. The molecule has 2 heterocycles. The molecule has 0 saturated heterocycles. The van der Waals surface area contributed by atoms with Crippen molar-refractivity contribution < 1.29 is 26.8 Å². The van der Waals surface area contributed by atoms with Crippen LogP contribution in [0.5, 0.6) is 0 Å². The summed E-state index contributed by atoms with van der Waals surface area (Å²) in [5, 5.41) is 4.06. The number of fused-ring (bicyclic) bond motifs is 1. The fourth-order valence-electron chi connectivity index (χ4n) is 3.52. The van der Waals surface area contributed by atoms with Gasteiger partial charge in [0.05, 0.1) is 10.6 Å². The number of nitrogens with zero attached hydrogens (tertiary/aromatic N) is 2. The number of pyridine rings is 1. The average Bonchev–Trinajstić information content (AvgIpc) is 3.19. The molecule has 0 atom stereocenters. The van der Waals surface area contributed by atoms with Gasteiger partial charge in [0.25, 0.3) is 15.9 Å². The molecular weight excluding hydrogens is 465 g/mol. The van der Waals surface area contributed by atoms with Gasteiger partial charge in [0.2, 0.25) is 0 Å². The summed E-state index contributed by atoms with van der Waals surface area (Å²) in [5.74, 6) is -1.27. The monoisotopic (exact) mass is 485 g/mol. The van der Waals surface area contributed by atoms with E-state index in [4.69, 9.17) is 4.42 Å². The molecule has 0 saturated carbocycles. The highest BCUT2D eigenvalue weighted by molar-refractivity contribution is 7.89. The maximum Gasteiger partial charge on any atom is 0.305 e. The molecule has 0 unspecified atom stereocenters. The lowest BCUT2D eigenvalue weighted by Crippen LogP contribution is -2.41. The van der Waals surface area contributed by atoms with Gasteiger partial charge in [-0.2, -0.15) is 18.4 Å². The number of aryl methyl sites for hydroxylation is 1. The Morgan fingerprint density at radius 1 is 1.03 bits per heavy atom. The summed E-state index contributed by atoms with van der Waals surface area (Å²) >= 11 is 0. The van der Waals surface area contributed by atoms with Crippen molar-refractivity contribution in [3.8, 4) is 0 Å². The largest absolute Gasteiger partial charge is 0.455 e. The van der Waals surface area contributed by atoms with Gasteiger partial charge in [0.1, 0.15) is 11.6 Å². The number of hydrogen-bond acceptors (Lipinski definition) is 7. The Morgan fingerprint density at radius 3 is 2.41 bits per heavy atom. The quantitative estimate of drug-likeness (QED) is 0.473. The third-order valence-corrected chi connectivity index (χ3v) is 6.41. The maximum atomic E-state index is 13.1. The van der Waals surface area contributed by atoms with Gasteiger partial charge in [-0.25, -0.2) is 4.39 Å². The van der Waals surface area contributed by atoms with Crippen molar-refractivity contribution >= 4 is 27.5 Å². The summed E-state index contributed by atoms with van der Waals surface area (Å²) in [4.78, 5) is 30.6. The predicted octanol–water partition coefficient (Wildman–Crippen LogP) is 2.22. The molecule has 2 aromatic heterocycles. The van der Waals surface area contributed by atoms with Gasteiger partial charge in [-0.15, -0.1) is 0 Å². The number of benzene rings is 1. The van der Waals surface area contributed by atoms with Crippen LogP contribution in [0.2, 0.25) is 0 Å². The van der Waals surface area contributed by atoms with Crippen LogP contribution in [-0.2, 0) is 16.4 Å². The molecule has 3 N–H and O–H groups in total. The number of aromatic nitrogens is 1. The summed E-state index contributed by atoms with van der Waals surface area (Å²) in [6.45, 7) is 1.65. The van der Waals surface area contributed by atoms with E-state index in [1.807, 2.05) is 0 Å². The Labute approximate surface area is 194 Å². The average molecular weight is 485 g/mol. The lowest BCUT2D eigenvalue weighted by Gasteiger charge is -2.14. The topological polar surface area (TPSA) is 143 Å². The minimum absolute atomic E-state index is 0.0176. The highest BCUT2D eigenvalue weighted by Crippen LogP contribution is 2.30. The van der Waals surface area contributed by atoms with Gasteiger partial charge in [-0.3, -0.25) is 25.4 Å². The fraction of sp³-hybridized carbons (Fsp3) is 0.182.